The third kappa shape index (κ3) is 3.03. The van der Waals surface area contributed by atoms with Gasteiger partial charge >= 0.3 is 0 Å². The summed E-state index contributed by atoms with van der Waals surface area (Å²) in [5, 5.41) is 0. The second-order valence-corrected chi connectivity index (χ2v) is 5.60. The van der Waals surface area contributed by atoms with Gasteiger partial charge in [0.05, 0.1) is 17.2 Å². The highest BCUT2D eigenvalue weighted by atomic mass is 32.1. The molecule has 1 heterocycles. The average molecular weight is 297 g/mol. The van der Waals surface area contributed by atoms with E-state index in [9.17, 15) is 8.78 Å². The summed E-state index contributed by atoms with van der Waals surface area (Å²) in [6.07, 6.45) is 0. The van der Waals surface area contributed by atoms with E-state index in [-0.39, 0.29) is 12.1 Å². The van der Waals surface area contributed by atoms with Gasteiger partial charge in [0.1, 0.15) is 11.6 Å². The molecule has 0 aliphatic rings. The molecule has 6 heteroatoms. The highest BCUT2D eigenvalue weighted by molar-refractivity contribution is 7.09. The summed E-state index contributed by atoms with van der Waals surface area (Å²) in [7, 11) is 1.81. The van der Waals surface area contributed by atoms with Crippen molar-refractivity contribution in [3.05, 3.63) is 51.5 Å². The first-order chi connectivity index (χ1) is 9.54. The Balaban J connectivity index is 2.26. The summed E-state index contributed by atoms with van der Waals surface area (Å²) < 4.78 is 27.7. The first-order valence-electron chi connectivity index (χ1n) is 6.27. The van der Waals surface area contributed by atoms with E-state index in [1.54, 1.807) is 5.51 Å². The first-order valence-corrected chi connectivity index (χ1v) is 7.15. The van der Waals surface area contributed by atoms with Crippen LogP contribution in [0.5, 0.6) is 0 Å². The van der Waals surface area contributed by atoms with Crippen molar-refractivity contribution in [2.24, 2.45) is 5.73 Å². The number of aromatic nitrogens is 1. The number of nitrogens with zero attached hydrogens (tertiary/aromatic N) is 2. The maximum atomic E-state index is 13.9. The smallest absolute Gasteiger partial charge is 0.130 e. The summed E-state index contributed by atoms with van der Waals surface area (Å²) in [6, 6.07) is 3.37. The molecule has 0 fully saturated rings. The lowest BCUT2D eigenvalue weighted by Crippen LogP contribution is -2.31. The highest BCUT2D eigenvalue weighted by Gasteiger charge is 2.23. The van der Waals surface area contributed by atoms with Gasteiger partial charge in [-0.05, 0) is 26.1 Å². The van der Waals surface area contributed by atoms with Gasteiger partial charge in [0, 0.05) is 23.5 Å². The van der Waals surface area contributed by atoms with E-state index >= 15 is 0 Å². The Morgan fingerprint density at radius 3 is 2.50 bits per heavy atom. The summed E-state index contributed by atoms with van der Waals surface area (Å²) in [5.41, 5.74) is 8.45. The zero-order valence-corrected chi connectivity index (χ0v) is 12.3. The Bertz CT molecular complexity index is 565. The van der Waals surface area contributed by atoms with E-state index in [1.807, 2.05) is 18.9 Å². The van der Waals surface area contributed by atoms with E-state index in [0.29, 0.717) is 6.54 Å². The van der Waals surface area contributed by atoms with Crippen molar-refractivity contribution < 1.29 is 8.78 Å². The van der Waals surface area contributed by atoms with Gasteiger partial charge in [0.15, 0.2) is 0 Å². The quantitative estimate of drug-likeness (QED) is 0.922. The molecule has 2 rings (SSSR count). The van der Waals surface area contributed by atoms with E-state index in [2.05, 4.69) is 4.98 Å². The van der Waals surface area contributed by atoms with Crippen LogP contribution in [0.1, 0.15) is 22.2 Å². The molecule has 2 N–H and O–H groups in total. The number of likely N-dealkylation sites (N-methyl/N-ethyl adjacent to an activating group) is 1. The molecule has 1 atom stereocenters. The van der Waals surface area contributed by atoms with Crippen molar-refractivity contribution in [1.29, 1.82) is 0 Å². The minimum absolute atomic E-state index is 0.0275. The molecule has 3 nitrogen and oxygen atoms in total. The van der Waals surface area contributed by atoms with Gasteiger partial charge in [-0.3, -0.25) is 4.90 Å². The van der Waals surface area contributed by atoms with Crippen LogP contribution in [0.2, 0.25) is 0 Å². The number of hydrogen-bond acceptors (Lipinski definition) is 4. The lowest BCUT2D eigenvalue weighted by atomic mass is 10.0. The minimum Gasteiger partial charge on any atom is -0.329 e. The van der Waals surface area contributed by atoms with Gasteiger partial charge in [-0.25, -0.2) is 13.8 Å². The molecule has 20 heavy (non-hydrogen) atoms. The lowest BCUT2D eigenvalue weighted by molar-refractivity contribution is 0.232. The van der Waals surface area contributed by atoms with Crippen LogP contribution in [0.25, 0.3) is 0 Å². The van der Waals surface area contributed by atoms with E-state index < -0.39 is 17.7 Å². The van der Waals surface area contributed by atoms with Gasteiger partial charge < -0.3 is 5.73 Å². The highest BCUT2D eigenvalue weighted by Crippen LogP contribution is 2.26. The van der Waals surface area contributed by atoms with Crippen LogP contribution in [-0.2, 0) is 6.54 Å². The van der Waals surface area contributed by atoms with Crippen molar-refractivity contribution >= 4 is 11.3 Å². The number of hydrogen-bond donors (Lipinski definition) is 1. The number of rotatable bonds is 5. The summed E-state index contributed by atoms with van der Waals surface area (Å²) in [4.78, 5) is 7.10. The maximum Gasteiger partial charge on any atom is 0.130 e. The van der Waals surface area contributed by atoms with Crippen LogP contribution in [0.3, 0.4) is 0 Å². The fourth-order valence-electron chi connectivity index (χ4n) is 2.16. The fourth-order valence-corrected chi connectivity index (χ4v) is 3.00. The third-order valence-electron chi connectivity index (χ3n) is 3.33. The molecule has 2 aromatic rings. The summed E-state index contributed by atoms with van der Waals surface area (Å²) >= 11 is 1.53. The Morgan fingerprint density at radius 2 is 2.00 bits per heavy atom. The van der Waals surface area contributed by atoms with Gasteiger partial charge in [-0.1, -0.05) is 6.07 Å². The fraction of sp³-hybridized carbons (Fsp3) is 0.357. The van der Waals surface area contributed by atoms with Crippen molar-refractivity contribution in [3.63, 3.8) is 0 Å². The number of thiazole rings is 1. The molecule has 0 amide bonds. The Labute approximate surface area is 121 Å². The van der Waals surface area contributed by atoms with Crippen LogP contribution in [0.4, 0.5) is 8.78 Å². The van der Waals surface area contributed by atoms with Gasteiger partial charge in [0.2, 0.25) is 0 Å². The van der Waals surface area contributed by atoms with Crippen LogP contribution in [0, 0.1) is 18.6 Å². The molecule has 0 aliphatic heterocycles. The van der Waals surface area contributed by atoms with Gasteiger partial charge in [-0.2, -0.15) is 0 Å². The summed E-state index contributed by atoms with van der Waals surface area (Å²) in [5.74, 6) is -1.12. The molecular formula is C14H17F2N3S. The second-order valence-electron chi connectivity index (χ2n) is 4.66. The largest absolute Gasteiger partial charge is 0.329 e. The van der Waals surface area contributed by atoms with E-state index in [4.69, 9.17) is 5.73 Å². The van der Waals surface area contributed by atoms with Crippen LogP contribution < -0.4 is 5.73 Å². The molecule has 0 bridgehead atoms. The van der Waals surface area contributed by atoms with E-state index in [1.165, 1.54) is 29.5 Å². The Morgan fingerprint density at radius 1 is 1.35 bits per heavy atom. The molecule has 1 aromatic carbocycles. The third-order valence-corrected chi connectivity index (χ3v) is 4.25. The SMILES string of the molecule is Cc1ncsc1CN(C)C(CN)c1c(F)cccc1F. The Kier molecular flexibility index (Phi) is 4.80. The number of halogens is 2. The predicted molar refractivity (Wildman–Crippen MR) is 76.5 cm³/mol. The molecule has 108 valence electrons. The zero-order valence-electron chi connectivity index (χ0n) is 11.4. The van der Waals surface area contributed by atoms with Crippen LogP contribution in [-0.4, -0.2) is 23.5 Å². The zero-order chi connectivity index (χ0) is 14.7. The molecule has 1 unspecified atom stereocenters. The number of benzene rings is 1. The maximum absolute atomic E-state index is 13.9. The molecule has 0 saturated carbocycles. The number of nitrogens with two attached hydrogens (primary N) is 1. The topological polar surface area (TPSA) is 42.2 Å². The molecule has 0 spiro atoms. The minimum atomic E-state index is -0.562. The molecule has 0 saturated heterocycles. The van der Waals surface area contributed by atoms with Crippen LogP contribution >= 0.6 is 11.3 Å². The normalized spacial score (nSPS) is 12.9. The van der Waals surface area contributed by atoms with Crippen molar-refractivity contribution in [1.82, 2.24) is 9.88 Å². The van der Waals surface area contributed by atoms with Gasteiger partial charge in [-0.15, -0.1) is 11.3 Å². The van der Waals surface area contributed by atoms with Crippen molar-refractivity contribution in [2.75, 3.05) is 13.6 Å². The lowest BCUT2D eigenvalue weighted by Gasteiger charge is -2.27. The average Bonchev–Trinajstić information content (AvgIpc) is 2.79. The van der Waals surface area contributed by atoms with Crippen molar-refractivity contribution in [2.45, 2.75) is 19.5 Å². The Hall–Kier alpha value is -1.37. The summed E-state index contributed by atoms with van der Waals surface area (Å²) in [6.45, 7) is 2.62. The first kappa shape index (κ1) is 15.0. The molecule has 1 aromatic heterocycles. The number of aryl methyl sites for hydroxylation is 1. The van der Waals surface area contributed by atoms with Crippen molar-refractivity contribution in [3.8, 4) is 0 Å². The predicted octanol–water partition coefficient (Wildman–Crippen LogP) is 2.86. The van der Waals surface area contributed by atoms with E-state index in [0.717, 1.165) is 10.6 Å². The van der Waals surface area contributed by atoms with Gasteiger partial charge in [0.25, 0.3) is 0 Å². The molecule has 0 aliphatic carbocycles. The standard InChI is InChI=1S/C14H17F2N3S/c1-9-13(20-8-18-9)7-19(2)12(6-17)14-10(15)4-3-5-11(14)16/h3-5,8,12H,6-7,17H2,1-2H3. The molecule has 0 radical (unpaired) electrons. The van der Waals surface area contributed by atoms with Crippen LogP contribution in [0.15, 0.2) is 23.7 Å². The molecular weight excluding hydrogens is 280 g/mol. The monoisotopic (exact) mass is 297 g/mol. The second kappa shape index (κ2) is 6.39.